The molecule has 1 aromatic carbocycles. The van der Waals surface area contributed by atoms with Gasteiger partial charge in [0.2, 0.25) is 0 Å². The number of fused-ring (bicyclic) bond motifs is 1. The minimum atomic E-state index is -0.710. The molecule has 3 aromatic rings. The molecule has 1 aliphatic rings. The highest BCUT2D eigenvalue weighted by atomic mass is 35.5. The summed E-state index contributed by atoms with van der Waals surface area (Å²) in [4.78, 5) is 17.8. The van der Waals surface area contributed by atoms with Gasteiger partial charge in [-0.25, -0.2) is 13.8 Å². The summed E-state index contributed by atoms with van der Waals surface area (Å²) in [6.45, 7) is 0.0549. The second kappa shape index (κ2) is 6.17. The van der Waals surface area contributed by atoms with Crippen molar-refractivity contribution < 1.29 is 13.6 Å². The molecule has 4 rings (SSSR count). The van der Waals surface area contributed by atoms with Crippen molar-refractivity contribution in [1.82, 2.24) is 19.7 Å². The average molecular weight is 375 g/mol. The number of nitrogens with zero attached hydrogens (tertiary/aromatic N) is 4. The van der Waals surface area contributed by atoms with E-state index in [1.165, 1.54) is 23.2 Å². The van der Waals surface area contributed by atoms with Crippen molar-refractivity contribution in [2.45, 2.75) is 13.1 Å². The van der Waals surface area contributed by atoms with Crippen molar-refractivity contribution in [2.75, 3.05) is 0 Å². The average Bonchev–Trinajstić information content (AvgIpc) is 3.15. The molecule has 8 heteroatoms. The molecule has 26 heavy (non-hydrogen) atoms. The minimum Gasteiger partial charge on any atom is -0.328 e. The van der Waals surface area contributed by atoms with E-state index in [1.54, 1.807) is 30.1 Å². The van der Waals surface area contributed by atoms with Gasteiger partial charge < -0.3 is 4.90 Å². The molecule has 0 radical (unpaired) electrons. The molecule has 0 spiro atoms. The molecule has 132 valence electrons. The normalized spacial score (nSPS) is 13.4. The maximum Gasteiger partial charge on any atom is 0.273 e. The van der Waals surface area contributed by atoms with Crippen LogP contribution in [-0.2, 0) is 20.1 Å². The Morgan fingerprint density at radius 3 is 2.58 bits per heavy atom. The zero-order valence-corrected chi connectivity index (χ0v) is 14.5. The number of amides is 1. The van der Waals surface area contributed by atoms with Crippen LogP contribution in [0.2, 0.25) is 5.15 Å². The summed E-state index contributed by atoms with van der Waals surface area (Å²) in [7, 11) is 1.72. The van der Waals surface area contributed by atoms with Crippen molar-refractivity contribution >= 4 is 17.5 Å². The van der Waals surface area contributed by atoms with Gasteiger partial charge in [0.15, 0.2) is 0 Å². The molecule has 0 N–H and O–H groups in total. The Morgan fingerprint density at radius 1 is 1.19 bits per heavy atom. The van der Waals surface area contributed by atoms with Crippen molar-refractivity contribution in [3.8, 4) is 11.1 Å². The van der Waals surface area contributed by atoms with Gasteiger partial charge in [-0.1, -0.05) is 17.7 Å². The third-order valence-electron chi connectivity index (χ3n) is 4.32. The van der Waals surface area contributed by atoms with E-state index in [-0.39, 0.29) is 29.5 Å². The third kappa shape index (κ3) is 2.84. The predicted octanol–water partition coefficient (Wildman–Crippen LogP) is 3.57. The molecular weight excluding hydrogens is 362 g/mol. The number of carbonyl (C=O) groups excluding carboxylic acids is 1. The van der Waals surface area contributed by atoms with Gasteiger partial charge in [0, 0.05) is 36.5 Å². The molecule has 3 heterocycles. The van der Waals surface area contributed by atoms with Crippen LogP contribution in [0.1, 0.15) is 21.6 Å². The predicted molar refractivity (Wildman–Crippen MR) is 91.4 cm³/mol. The molecule has 0 fully saturated rings. The van der Waals surface area contributed by atoms with Crippen LogP contribution in [-0.4, -0.2) is 25.6 Å². The van der Waals surface area contributed by atoms with Crippen LogP contribution in [0.4, 0.5) is 8.78 Å². The Bertz CT molecular complexity index is 1010. The highest BCUT2D eigenvalue weighted by Crippen LogP contribution is 2.28. The van der Waals surface area contributed by atoms with Crippen molar-refractivity contribution in [3.05, 3.63) is 70.3 Å². The van der Waals surface area contributed by atoms with Gasteiger partial charge in [0.1, 0.15) is 22.5 Å². The minimum absolute atomic E-state index is 0.162. The quantitative estimate of drug-likeness (QED) is 0.658. The first-order chi connectivity index (χ1) is 12.4. The fraction of sp³-hybridized carbons (Fsp3) is 0.167. The highest BCUT2D eigenvalue weighted by Gasteiger charge is 2.30. The third-order valence-corrected chi connectivity index (χ3v) is 4.53. The summed E-state index contributed by atoms with van der Waals surface area (Å²) in [5.41, 5.74) is 1.75. The van der Waals surface area contributed by atoms with Gasteiger partial charge in [-0.3, -0.25) is 9.48 Å². The van der Waals surface area contributed by atoms with Gasteiger partial charge in [-0.2, -0.15) is 5.10 Å². The Balaban J connectivity index is 1.62. The Morgan fingerprint density at radius 2 is 1.92 bits per heavy atom. The maximum atomic E-state index is 14.5. The first-order valence-corrected chi connectivity index (χ1v) is 8.22. The molecule has 0 saturated heterocycles. The van der Waals surface area contributed by atoms with E-state index in [1.807, 2.05) is 0 Å². The SMILES string of the molecule is Cn1cc(-c2cc(F)c(CN3Cc4ccc(Cl)nc4C3=O)c(F)c2)cn1. The number of halogens is 3. The maximum absolute atomic E-state index is 14.5. The molecule has 0 unspecified atom stereocenters. The molecule has 5 nitrogen and oxygen atoms in total. The molecule has 2 aromatic heterocycles. The largest absolute Gasteiger partial charge is 0.328 e. The Labute approximate surface area is 152 Å². The lowest BCUT2D eigenvalue weighted by molar-refractivity contribution is 0.0759. The van der Waals surface area contributed by atoms with E-state index >= 15 is 0 Å². The van der Waals surface area contributed by atoms with Crippen molar-refractivity contribution in [1.29, 1.82) is 0 Å². The number of rotatable bonds is 3. The van der Waals surface area contributed by atoms with E-state index in [2.05, 4.69) is 10.1 Å². The zero-order valence-electron chi connectivity index (χ0n) is 13.7. The van der Waals surface area contributed by atoms with Gasteiger partial charge in [-0.15, -0.1) is 0 Å². The van der Waals surface area contributed by atoms with E-state index in [0.717, 1.165) is 0 Å². The van der Waals surface area contributed by atoms with E-state index in [4.69, 9.17) is 11.6 Å². The number of benzene rings is 1. The van der Waals surface area contributed by atoms with Gasteiger partial charge in [-0.05, 0) is 23.8 Å². The number of hydrogen-bond acceptors (Lipinski definition) is 3. The van der Waals surface area contributed by atoms with Crippen LogP contribution < -0.4 is 0 Å². The molecule has 0 saturated carbocycles. The van der Waals surface area contributed by atoms with E-state index < -0.39 is 17.5 Å². The summed E-state index contributed by atoms with van der Waals surface area (Å²) in [5, 5.41) is 4.20. The number of hydrogen-bond donors (Lipinski definition) is 0. The molecule has 0 aliphatic carbocycles. The second-order valence-corrected chi connectivity index (χ2v) is 6.51. The zero-order chi connectivity index (χ0) is 18.4. The number of aryl methyl sites for hydroxylation is 1. The lowest BCUT2D eigenvalue weighted by Crippen LogP contribution is -2.25. The monoisotopic (exact) mass is 374 g/mol. The molecule has 1 amide bonds. The fourth-order valence-corrected chi connectivity index (χ4v) is 3.16. The Kier molecular flexibility index (Phi) is 3.96. The summed E-state index contributed by atoms with van der Waals surface area (Å²) in [5.74, 6) is -1.81. The first kappa shape index (κ1) is 16.7. The topological polar surface area (TPSA) is 51.0 Å². The van der Waals surface area contributed by atoms with Gasteiger partial charge in [0.25, 0.3) is 5.91 Å². The molecule has 0 bridgehead atoms. The van der Waals surface area contributed by atoms with E-state index in [9.17, 15) is 13.6 Å². The number of aromatic nitrogens is 3. The second-order valence-electron chi connectivity index (χ2n) is 6.12. The fourth-order valence-electron chi connectivity index (χ4n) is 3.01. The van der Waals surface area contributed by atoms with Crippen LogP contribution >= 0.6 is 11.6 Å². The molecule has 1 aliphatic heterocycles. The molecular formula is C18H13ClF2N4O. The molecule has 0 atom stereocenters. The lowest BCUT2D eigenvalue weighted by atomic mass is 10.1. The first-order valence-electron chi connectivity index (χ1n) is 7.84. The Hall–Kier alpha value is -2.80. The number of carbonyl (C=O) groups is 1. The smallest absolute Gasteiger partial charge is 0.273 e. The van der Waals surface area contributed by atoms with Gasteiger partial charge in [0.05, 0.1) is 12.7 Å². The van der Waals surface area contributed by atoms with Crippen LogP contribution in [0.3, 0.4) is 0 Å². The summed E-state index contributed by atoms with van der Waals surface area (Å²) in [6, 6.07) is 5.78. The lowest BCUT2D eigenvalue weighted by Gasteiger charge is -2.17. The summed E-state index contributed by atoms with van der Waals surface area (Å²) >= 11 is 5.82. The summed E-state index contributed by atoms with van der Waals surface area (Å²) < 4.78 is 30.6. The summed E-state index contributed by atoms with van der Waals surface area (Å²) in [6.07, 6.45) is 3.20. The van der Waals surface area contributed by atoms with Crippen LogP contribution in [0.25, 0.3) is 11.1 Å². The highest BCUT2D eigenvalue weighted by molar-refractivity contribution is 6.29. The standard InChI is InChI=1S/C18H13ClF2N4O/c1-24-7-12(6-22-24)11-4-14(20)13(15(21)5-11)9-25-8-10-2-3-16(19)23-17(10)18(25)26/h2-7H,8-9H2,1H3. The van der Waals surface area contributed by atoms with Crippen molar-refractivity contribution in [3.63, 3.8) is 0 Å². The van der Waals surface area contributed by atoms with Crippen LogP contribution in [0.5, 0.6) is 0 Å². The van der Waals surface area contributed by atoms with Crippen molar-refractivity contribution in [2.24, 2.45) is 7.05 Å². The van der Waals surface area contributed by atoms with Gasteiger partial charge >= 0.3 is 0 Å². The van der Waals surface area contributed by atoms with Crippen LogP contribution in [0.15, 0.2) is 36.7 Å². The van der Waals surface area contributed by atoms with Crippen LogP contribution in [0, 0.1) is 11.6 Å². The van der Waals surface area contributed by atoms with E-state index in [0.29, 0.717) is 16.7 Å². The number of pyridine rings is 1.